The molecule has 1 aliphatic rings. The van der Waals surface area contributed by atoms with Crippen molar-refractivity contribution >= 4 is 0 Å². The van der Waals surface area contributed by atoms with Crippen molar-refractivity contribution in [3.63, 3.8) is 0 Å². The highest BCUT2D eigenvalue weighted by Crippen LogP contribution is 2.20. The smallest absolute Gasteiger partial charge is 0.330 e. The van der Waals surface area contributed by atoms with E-state index in [1.165, 1.54) is 4.90 Å². The van der Waals surface area contributed by atoms with Crippen molar-refractivity contribution in [1.29, 1.82) is 0 Å². The second kappa shape index (κ2) is 6.21. The summed E-state index contributed by atoms with van der Waals surface area (Å²) in [6.45, 7) is 7.46. The minimum atomic E-state index is -4.08. The highest BCUT2D eigenvalue weighted by atomic mass is 19.4. The summed E-state index contributed by atoms with van der Waals surface area (Å²) in [6.07, 6.45) is -3.09. The molecule has 0 saturated carbocycles. The van der Waals surface area contributed by atoms with E-state index >= 15 is 0 Å². The quantitative estimate of drug-likeness (QED) is 0.820. The first-order valence-corrected chi connectivity index (χ1v) is 6.43. The Labute approximate surface area is 107 Å². The first-order chi connectivity index (χ1) is 8.22. The van der Waals surface area contributed by atoms with Gasteiger partial charge in [0.05, 0.1) is 6.54 Å². The molecule has 0 unspecified atom stereocenters. The molecule has 0 aromatic heterocycles. The fourth-order valence-electron chi connectivity index (χ4n) is 1.99. The van der Waals surface area contributed by atoms with Gasteiger partial charge in [-0.2, -0.15) is 13.2 Å². The van der Waals surface area contributed by atoms with Crippen LogP contribution in [0.25, 0.3) is 0 Å². The van der Waals surface area contributed by atoms with Crippen LogP contribution in [0.15, 0.2) is 0 Å². The number of rotatable bonds is 5. The number of alkyl halides is 3. The number of hydrogen-bond acceptors (Lipinski definition) is 3. The molecule has 0 spiro atoms. The summed E-state index contributed by atoms with van der Waals surface area (Å²) in [6, 6.07) is 0. The van der Waals surface area contributed by atoms with Gasteiger partial charge < -0.3 is 10.6 Å². The molecule has 0 atom stereocenters. The fraction of sp³-hybridized carbons (Fsp3) is 1.00. The van der Waals surface area contributed by atoms with Crippen molar-refractivity contribution in [3.8, 4) is 0 Å². The van der Waals surface area contributed by atoms with Gasteiger partial charge in [0.25, 0.3) is 0 Å². The van der Waals surface area contributed by atoms with Crippen LogP contribution in [-0.2, 0) is 0 Å². The van der Waals surface area contributed by atoms with Crippen LogP contribution in [0.1, 0.15) is 20.3 Å². The Hall–Kier alpha value is -0.330. The molecule has 1 rings (SSSR count). The van der Waals surface area contributed by atoms with Gasteiger partial charge in [0, 0.05) is 26.2 Å². The maximum Gasteiger partial charge on any atom is 0.401 e. The van der Waals surface area contributed by atoms with E-state index in [0.29, 0.717) is 19.6 Å². The summed E-state index contributed by atoms with van der Waals surface area (Å²) < 4.78 is 36.7. The van der Waals surface area contributed by atoms with Gasteiger partial charge in [-0.15, -0.1) is 0 Å². The van der Waals surface area contributed by atoms with Crippen LogP contribution in [0.3, 0.4) is 0 Å². The second-order valence-electron chi connectivity index (χ2n) is 5.85. The average molecular weight is 267 g/mol. The normalized spacial score (nSPS) is 20.3. The van der Waals surface area contributed by atoms with Crippen molar-refractivity contribution in [2.24, 2.45) is 11.1 Å². The van der Waals surface area contributed by atoms with Gasteiger partial charge in [-0.1, -0.05) is 13.8 Å². The molecule has 0 aliphatic carbocycles. The lowest BCUT2D eigenvalue weighted by Gasteiger charge is -2.36. The van der Waals surface area contributed by atoms with Crippen LogP contribution in [0.2, 0.25) is 0 Å². The summed E-state index contributed by atoms with van der Waals surface area (Å²) in [4.78, 5) is 3.70. The van der Waals surface area contributed by atoms with E-state index in [4.69, 9.17) is 5.73 Å². The summed E-state index contributed by atoms with van der Waals surface area (Å²) in [5.74, 6) is 0. The summed E-state index contributed by atoms with van der Waals surface area (Å²) >= 11 is 0. The Bertz CT molecular complexity index is 245. The van der Waals surface area contributed by atoms with Crippen LogP contribution in [0.5, 0.6) is 0 Å². The molecule has 0 aromatic rings. The van der Waals surface area contributed by atoms with E-state index < -0.39 is 12.7 Å². The SMILES string of the molecule is CC(C)(CN)CCN1CCN(CC(F)(F)F)CC1. The third-order valence-corrected chi connectivity index (χ3v) is 3.53. The third kappa shape index (κ3) is 6.02. The van der Waals surface area contributed by atoms with Crippen molar-refractivity contribution < 1.29 is 13.2 Å². The molecule has 0 radical (unpaired) electrons. The Morgan fingerprint density at radius 1 is 1.00 bits per heavy atom. The maximum atomic E-state index is 12.2. The number of nitrogens with zero attached hydrogens (tertiary/aromatic N) is 2. The summed E-state index contributed by atoms with van der Waals surface area (Å²) in [5, 5.41) is 0. The summed E-state index contributed by atoms with van der Waals surface area (Å²) in [7, 11) is 0. The van der Waals surface area contributed by atoms with E-state index in [0.717, 1.165) is 26.1 Å². The summed E-state index contributed by atoms with van der Waals surface area (Å²) in [5.41, 5.74) is 5.78. The molecule has 0 aromatic carbocycles. The van der Waals surface area contributed by atoms with Gasteiger partial charge in [0.1, 0.15) is 0 Å². The highest BCUT2D eigenvalue weighted by Gasteiger charge is 2.32. The molecular formula is C12H24F3N3. The number of hydrogen-bond donors (Lipinski definition) is 1. The third-order valence-electron chi connectivity index (χ3n) is 3.53. The lowest BCUT2D eigenvalue weighted by molar-refractivity contribution is -0.149. The zero-order valence-corrected chi connectivity index (χ0v) is 11.3. The maximum absolute atomic E-state index is 12.2. The van der Waals surface area contributed by atoms with Crippen LogP contribution in [0.4, 0.5) is 13.2 Å². The highest BCUT2D eigenvalue weighted by molar-refractivity contribution is 4.77. The van der Waals surface area contributed by atoms with Crippen LogP contribution < -0.4 is 5.73 Å². The van der Waals surface area contributed by atoms with E-state index in [1.807, 2.05) is 0 Å². The molecule has 0 amide bonds. The Balaban J connectivity index is 2.23. The van der Waals surface area contributed by atoms with Crippen LogP contribution >= 0.6 is 0 Å². The molecule has 1 fully saturated rings. The van der Waals surface area contributed by atoms with Crippen molar-refractivity contribution in [2.75, 3.05) is 45.8 Å². The van der Waals surface area contributed by atoms with E-state index in [-0.39, 0.29) is 5.41 Å². The van der Waals surface area contributed by atoms with Crippen molar-refractivity contribution in [2.45, 2.75) is 26.4 Å². The standard InChI is InChI=1S/C12H24F3N3/c1-11(2,9-16)3-4-17-5-7-18(8-6-17)10-12(13,14)15/h3-10,16H2,1-2H3. The number of nitrogens with two attached hydrogens (primary N) is 1. The zero-order valence-electron chi connectivity index (χ0n) is 11.3. The van der Waals surface area contributed by atoms with Crippen LogP contribution in [-0.4, -0.2) is 61.8 Å². The second-order valence-corrected chi connectivity index (χ2v) is 5.85. The first-order valence-electron chi connectivity index (χ1n) is 6.43. The number of halogens is 3. The molecule has 108 valence electrons. The lowest BCUT2D eigenvalue weighted by atomic mass is 9.89. The fourth-order valence-corrected chi connectivity index (χ4v) is 1.99. The Morgan fingerprint density at radius 2 is 1.50 bits per heavy atom. The van der Waals surface area contributed by atoms with Crippen LogP contribution in [0, 0.1) is 5.41 Å². The molecule has 6 heteroatoms. The molecule has 3 nitrogen and oxygen atoms in total. The molecule has 1 saturated heterocycles. The van der Waals surface area contributed by atoms with Crippen molar-refractivity contribution in [3.05, 3.63) is 0 Å². The van der Waals surface area contributed by atoms with Gasteiger partial charge in [0.2, 0.25) is 0 Å². The lowest BCUT2D eigenvalue weighted by Crippen LogP contribution is -2.49. The topological polar surface area (TPSA) is 32.5 Å². The van der Waals surface area contributed by atoms with Gasteiger partial charge in [-0.05, 0) is 24.9 Å². The van der Waals surface area contributed by atoms with E-state index in [2.05, 4.69) is 18.7 Å². The Morgan fingerprint density at radius 3 is 1.94 bits per heavy atom. The molecule has 0 bridgehead atoms. The predicted molar refractivity (Wildman–Crippen MR) is 66.4 cm³/mol. The zero-order chi connectivity index (χ0) is 13.8. The minimum Gasteiger partial charge on any atom is -0.330 e. The monoisotopic (exact) mass is 267 g/mol. The van der Waals surface area contributed by atoms with Gasteiger partial charge in [0.15, 0.2) is 0 Å². The molecule has 2 N–H and O–H groups in total. The van der Waals surface area contributed by atoms with Gasteiger partial charge in [-0.25, -0.2) is 0 Å². The first kappa shape index (κ1) is 15.7. The molecule has 1 aliphatic heterocycles. The molecule has 18 heavy (non-hydrogen) atoms. The van der Waals surface area contributed by atoms with E-state index in [1.54, 1.807) is 0 Å². The van der Waals surface area contributed by atoms with E-state index in [9.17, 15) is 13.2 Å². The molecule has 1 heterocycles. The minimum absolute atomic E-state index is 0.114. The van der Waals surface area contributed by atoms with Gasteiger partial charge >= 0.3 is 6.18 Å². The predicted octanol–water partition coefficient (Wildman–Crippen LogP) is 1.54. The van der Waals surface area contributed by atoms with Crippen molar-refractivity contribution in [1.82, 2.24) is 9.80 Å². The number of piperazine rings is 1. The average Bonchev–Trinajstić information content (AvgIpc) is 2.26. The van der Waals surface area contributed by atoms with Gasteiger partial charge in [-0.3, -0.25) is 4.90 Å². The molecular weight excluding hydrogens is 243 g/mol. The Kier molecular flexibility index (Phi) is 5.43. The largest absolute Gasteiger partial charge is 0.401 e.